The summed E-state index contributed by atoms with van der Waals surface area (Å²) in [5, 5.41) is 2.88. The van der Waals surface area contributed by atoms with Crippen LogP contribution in [0.3, 0.4) is 0 Å². The molecule has 2 fully saturated rings. The molecule has 5 rings (SSSR count). The number of rotatable bonds is 6. The number of allylic oxidation sites excluding steroid dienone is 2. The van der Waals surface area contributed by atoms with E-state index in [1.807, 2.05) is 30.3 Å². The van der Waals surface area contributed by atoms with E-state index in [1.54, 1.807) is 31.4 Å². The van der Waals surface area contributed by atoms with Crippen LogP contribution in [0, 0.1) is 23.7 Å². The summed E-state index contributed by atoms with van der Waals surface area (Å²) in [7, 11) is 1.56. The van der Waals surface area contributed by atoms with Crippen molar-refractivity contribution in [3.63, 3.8) is 0 Å². The minimum Gasteiger partial charge on any atom is -0.497 e. The first-order valence-electron chi connectivity index (χ1n) is 10.6. The van der Waals surface area contributed by atoms with Gasteiger partial charge in [-0.1, -0.05) is 48.6 Å². The molecule has 6 heteroatoms. The Morgan fingerprint density at radius 2 is 1.71 bits per heavy atom. The largest absolute Gasteiger partial charge is 0.497 e. The molecule has 5 atom stereocenters. The molecule has 2 bridgehead atoms. The standard InChI is InChI=1S/C25H24N2O4/c1-31-19-9-5-8-18(14-19)26-23(28)20(12-15-6-3-2-4-7-15)27-24(29)21-16-10-11-17(13-16)22(21)25(27)30/h2-11,14,16-17,20-22H,12-13H2,1H3,(H,26,28)/t16-,17+,20-,21-,22+/m0/s1. The Morgan fingerprint density at radius 1 is 1.03 bits per heavy atom. The molecule has 1 aliphatic heterocycles. The van der Waals surface area contributed by atoms with Crippen LogP contribution in [0.2, 0.25) is 0 Å². The third-order valence-electron chi connectivity index (χ3n) is 6.73. The molecule has 1 N–H and O–H groups in total. The summed E-state index contributed by atoms with van der Waals surface area (Å²) in [5.41, 5.74) is 1.45. The van der Waals surface area contributed by atoms with Crippen LogP contribution >= 0.6 is 0 Å². The van der Waals surface area contributed by atoms with Gasteiger partial charge in [-0.05, 0) is 36.0 Å². The van der Waals surface area contributed by atoms with Crippen molar-refractivity contribution in [3.05, 3.63) is 72.3 Å². The number of carbonyl (C=O) groups excluding carboxylic acids is 3. The molecule has 0 unspecified atom stereocenters. The van der Waals surface area contributed by atoms with Gasteiger partial charge in [0.05, 0.1) is 18.9 Å². The van der Waals surface area contributed by atoms with Crippen molar-refractivity contribution < 1.29 is 19.1 Å². The van der Waals surface area contributed by atoms with E-state index in [0.717, 1.165) is 12.0 Å². The summed E-state index contributed by atoms with van der Waals surface area (Å²) >= 11 is 0. The normalized spacial score (nSPS) is 26.8. The Morgan fingerprint density at radius 3 is 2.35 bits per heavy atom. The summed E-state index contributed by atoms with van der Waals surface area (Å²) in [6.07, 6.45) is 5.25. The third-order valence-corrected chi connectivity index (χ3v) is 6.73. The maximum absolute atomic E-state index is 13.4. The zero-order chi connectivity index (χ0) is 21.5. The molecular formula is C25H24N2O4. The number of benzene rings is 2. The van der Waals surface area contributed by atoms with Gasteiger partial charge in [0.25, 0.3) is 0 Å². The molecule has 1 heterocycles. The van der Waals surface area contributed by atoms with Gasteiger partial charge in [0.2, 0.25) is 17.7 Å². The highest BCUT2D eigenvalue weighted by molar-refractivity contribution is 6.11. The molecule has 0 radical (unpaired) electrons. The second-order valence-electron chi connectivity index (χ2n) is 8.47. The number of methoxy groups -OCH3 is 1. The number of fused-ring (bicyclic) bond motifs is 5. The topological polar surface area (TPSA) is 75.7 Å². The lowest BCUT2D eigenvalue weighted by molar-refractivity contribution is -0.147. The number of anilines is 1. The highest BCUT2D eigenvalue weighted by atomic mass is 16.5. The van der Waals surface area contributed by atoms with E-state index in [1.165, 1.54) is 4.90 Å². The van der Waals surface area contributed by atoms with Crippen LogP contribution in [0.15, 0.2) is 66.7 Å². The van der Waals surface area contributed by atoms with Crippen molar-refractivity contribution in [2.75, 3.05) is 12.4 Å². The summed E-state index contributed by atoms with van der Waals surface area (Å²) in [6.45, 7) is 0. The van der Waals surface area contributed by atoms with Gasteiger partial charge in [-0.25, -0.2) is 0 Å². The molecule has 6 nitrogen and oxygen atoms in total. The Kier molecular flexibility index (Phi) is 4.85. The van der Waals surface area contributed by atoms with Crippen LogP contribution < -0.4 is 10.1 Å². The van der Waals surface area contributed by atoms with E-state index in [-0.39, 0.29) is 47.8 Å². The highest BCUT2D eigenvalue weighted by Gasteiger charge is 2.61. The van der Waals surface area contributed by atoms with E-state index < -0.39 is 6.04 Å². The molecule has 158 valence electrons. The number of hydrogen-bond donors (Lipinski definition) is 1. The zero-order valence-electron chi connectivity index (χ0n) is 17.2. The number of imide groups is 1. The van der Waals surface area contributed by atoms with Crippen LogP contribution in [0.5, 0.6) is 5.75 Å². The van der Waals surface area contributed by atoms with E-state index in [0.29, 0.717) is 11.4 Å². The number of carbonyl (C=O) groups is 3. The summed E-state index contributed by atoms with van der Waals surface area (Å²) < 4.78 is 5.23. The van der Waals surface area contributed by atoms with Gasteiger partial charge in [0.15, 0.2) is 0 Å². The lowest BCUT2D eigenvalue weighted by Crippen LogP contribution is -2.49. The first-order valence-corrected chi connectivity index (χ1v) is 10.6. The van der Waals surface area contributed by atoms with Gasteiger partial charge >= 0.3 is 0 Å². The van der Waals surface area contributed by atoms with E-state index in [4.69, 9.17) is 4.74 Å². The summed E-state index contributed by atoms with van der Waals surface area (Å²) in [5.74, 6) is -0.634. The van der Waals surface area contributed by atoms with Crippen LogP contribution in [0.4, 0.5) is 5.69 Å². The lowest BCUT2D eigenvalue weighted by atomic mass is 9.85. The summed E-state index contributed by atoms with van der Waals surface area (Å²) in [4.78, 5) is 41.3. The number of nitrogens with zero attached hydrogens (tertiary/aromatic N) is 1. The molecule has 0 aromatic heterocycles. The Labute approximate surface area is 180 Å². The number of likely N-dealkylation sites (tertiary alicyclic amines) is 1. The van der Waals surface area contributed by atoms with Crippen LogP contribution in [-0.4, -0.2) is 35.8 Å². The predicted molar refractivity (Wildman–Crippen MR) is 115 cm³/mol. The third kappa shape index (κ3) is 3.32. The van der Waals surface area contributed by atoms with Crippen molar-refractivity contribution >= 4 is 23.4 Å². The number of ether oxygens (including phenoxy) is 1. The average molecular weight is 416 g/mol. The van der Waals surface area contributed by atoms with Gasteiger partial charge in [-0.2, -0.15) is 0 Å². The van der Waals surface area contributed by atoms with Crippen LogP contribution in [0.25, 0.3) is 0 Å². The second kappa shape index (κ2) is 7.69. The smallest absolute Gasteiger partial charge is 0.248 e. The molecule has 31 heavy (non-hydrogen) atoms. The number of nitrogens with one attached hydrogen (secondary N) is 1. The molecule has 2 aliphatic carbocycles. The molecule has 2 aromatic rings. The highest BCUT2D eigenvalue weighted by Crippen LogP contribution is 2.53. The first-order chi connectivity index (χ1) is 15.1. The van der Waals surface area contributed by atoms with Gasteiger partial charge < -0.3 is 10.1 Å². The average Bonchev–Trinajstić information content (AvgIpc) is 3.47. The Hall–Kier alpha value is -3.41. The van der Waals surface area contributed by atoms with E-state index >= 15 is 0 Å². The molecule has 2 aromatic carbocycles. The van der Waals surface area contributed by atoms with Crippen molar-refractivity contribution in [1.82, 2.24) is 4.90 Å². The maximum atomic E-state index is 13.4. The Bertz CT molecular complexity index is 1030. The van der Waals surface area contributed by atoms with Gasteiger partial charge in [0.1, 0.15) is 11.8 Å². The van der Waals surface area contributed by atoms with Crippen molar-refractivity contribution in [3.8, 4) is 5.75 Å². The predicted octanol–water partition coefficient (Wildman–Crippen LogP) is 3.05. The fourth-order valence-corrected chi connectivity index (χ4v) is 5.30. The molecule has 3 aliphatic rings. The number of amides is 3. The van der Waals surface area contributed by atoms with Gasteiger partial charge in [-0.15, -0.1) is 0 Å². The molecule has 0 spiro atoms. The Balaban J connectivity index is 1.45. The second-order valence-corrected chi connectivity index (χ2v) is 8.47. The fourth-order valence-electron chi connectivity index (χ4n) is 5.30. The monoisotopic (exact) mass is 416 g/mol. The molecule has 1 saturated heterocycles. The minimum absolute atomic E-state index is 0.107. The first kappa shape index (κ1) is 19.5. The van der Waals surface area contributed by atoms with Gasteiger partial charge in [0, 0.05) is 18.2 Å². The van der Waals surface area contributed by atoms with Crippen molar-refractivity contribution in [2.24, 2.45) is 23.7 Å². The van der Waals surface area contributed by atoms with Crippen LogP contribution in [-0.2, 0) is 20.8 Å². The SMILES string of the molecule is COc1cccc(NC(=O)[C@H](Cc2ccccc2)N2C(=O)[C@@H]3[C@H](C2=O)[C@@H]2C=C[C@H]3C2)c1. The van der Waals surface area contributed by atoms with E-state index in [9.17, 15) is 14.4 Å². The van der Waals surface area contributed by atoms with Crippen molar-refractivity contribution in [1.29, 1.82) is 0 Å². The quantitative estimate of drug-likeness (QED) is 0.580. The molecule has 1 saturated carbocycles. The van der Waals surface area contributed by atoms with Gasteiger partial charge in [-0.3, -0.25) is 19.3 Å². The molecular weight excluding hydrogens is 392 g/mol. The minimum atomic E-state index is -0.904. The van der Waals surface area contributed by atoms with E-state index in [2.05, 4.69) is 17.5 Å². The maximum Gasteiger partial charge on any atom is 0.248 e. The lowest BCUT2D eigenvalue weighted by Gasteiger charge is -2.27. The fraction of sp³-hybridized carbons (Fsp3) is 0.320. The van der Waals surface area contributed by atoms with Crippen molar-refractivity contribution in [2.45, 2.75) is 18.9 Å². The molecule has 3 amide bonds. The summed E-state index contributed by atoms with van der Waals surface area (Å²) in [6, 6.07) is 15.6. The zero-order valence-corrected chi connectivity index (χ0v) is 17.2. The van der Waals surface area contributed by atoms with Crippen LogP contribution in [0.1, 0.15) is 12.0 Å². The number of hydrogen-bond acceptors (Lipinski definition) is 4.